The van der Waals surface area contributed by atoms with Crippen molar-refractivity contribution in [3.05, 3.63) is 17.3 Å². The summed E-state index contributed by atoms with van der Waals surface area (Å²) < 4.78 is 0. The van der Waals surface area contributed by atoms with Gasteiger partial charge >= 0.3 is 0 Å². The first-order valence-electron chi connectivity index (χ1n) is 11.8. The second-order valence-corrected chi connectivity index (χ2v) is 9.95. The first kappa shape index (κ1) is 23.2. The molecule has 9 heteroatoms. The SMILES string of the molecule is CCCCNc1ncc(-c2ncc(CN3CCN(C)CC3)s2)c(N=C2CCC(O)CC2)n1. The van der Waals surface area contributed by atoms with Crippen LogP contribution in [0, 0.1) is 0 Å². The number of aliphatic imine (C=N–C) groups is 1. The largest absolute Gasteiger partial charge is 0.393 e. The molecule has 0 bridgehead atoms. The molecule has 0 aromatic carbocycles. The van der Waals surface area contributed by atoms with E-state index in [9.17, 15) is 5.11 Å². The van der Waals surface area contributed by atoms with Crippen molar-refractivity contribution < 1.29 is 5.11 Å². The van der Waals surface area contributed by atoms with E-state index in [4.69, 9.17) is 15.0 Å². The lowest BCUT2D eigenvalue weighted by molar-refractivity contribution is 0.149. The lowest BCUT2D eigenvalue weighted by atomic mass is 9.96. The molecule has 0 spiro atoms. The van der Waals surface area contributed by atoms with Crippen molar-refractivity contribution in [1.82, 2.24) is 24.8 Å². The van der Waals surface area contributed by atoms with Gasteiger partial charge in [0.25, 0.3) is 0 Å². The Kier molecular flexibility index (Phi) is 8.18. The number of hydrogen-bond acceptors (Lipinski definition) is 9. The Hall–Kier alpha value is -1.94. The molecule has 3 heterocycles. The van der Waals surface area contributed by atoms with E-state index in [1.165, 1.54) is 4.88 Å². The third-order valence-electron chi connectivity index (χ3n) is 6.14. The minimum absolute atomic E-state index is 0.207. The number of aliphatic hydroxyl groups is 1. The van der Waals surface area contributed by atoms with E-state index in [1.54, 1.807) is 11.3 Å². The fraction of sp³-hybridized carbons (Fsp3) is 0.652. The third-order valence-corrected chi connectivity index (χ3v) is 7.15. The molecule has 2 aromatic rings. The van der Waals surface area contributed by atoms with Gasteiger partial charge in [-0.05, 0) is 39.2 Å². The summed E-state index contributed by atoms with van der Waals surface area (Å²) >= 11 is 1.71. The molecule has 2 N–H and O–H groups in total. The fourth-order valence-electron chi connectivity index (χ4n) is 4.00. The van der Waals surface area contributed by atoms with Crippen LogP contribution in [0.4, 0.5) is 11.8 Å². The van der Waals surface area contributed by atoms with Crippen LogP contribution in [0.5, 0.6) is 0 Å². The average Bonchev–Trinajstić information content (AvgIpc) is 3.25. The van der Waals surface area contributed by atoms with E-state index in [2.05, 4.69) is 34.1 Å². The summed E-state index contributed by atoms with van der Waals surface area (Å²) in [6.45, 7) is 8.37. The minimum atomic E-state index is -0.207. The molecule has 2 aromatic heterocycles. The van der Waals surface area contributed by atoms with E-state index in [0.717, 1.165) is 94.1 Å². The van der Waals surface area contributed by atoms with Crippen molar-refractivity contribution >= 4 is 28.8 Å². The molecule has 2 aliphatic rings. The highest BCUT2D eigenvalue weighted by molar-refractivity contribution is 7.15. The smallest absolute Gasteiger partial charge is 0.224 e. The zero-order chi connectivity index (χ0) is 22.3. The van der Waals surface area contributed by atoms with Crippen LogP contribution in [-0.2, 0) is 6.54 Å². The number of nitrogens with one attached hydrogen (secondary N) is 1. The van der Waals surface area contributed by atoms with Gasteiger partial charge in [-0.1, -0.05) is 13.3 Å². The number of aromatic nitrogens is 3. The molecule has 1 aliphatic heterocycles. The van der Waals surface area contributed by atoms with Crippen molar-refractivity contribution in [2.24, 2.45) is 4.99 Å². The first-order valence-corrected chi connectivity index (χ1v) is 12.6. The number of thiazole rings is 1. The van der Waals surface area contributed by atoms with Crippen LogP contribution in [0.25, 0.3) is 10.6 Å². The summed E-state index contributed by atoms with van der Waals surface area (Å²) in [5.74, 6) is 1.30. The van der Waals surface area contributed by atoms with Gasteiger partial charge in [0.05, 0.1) is 11.7 Å². The monoisotopic (exact) mass is 457 g/mol. The van der Waals surface area contributed by atoms with Crippen LogP contribution < -0.4 is 5.32 Å². The number of hydrogen-bond donors (Lipinski definition) is 2. The van der Waals surface area contributed by atoms with E-state index < -0.39 is 0 Å². The molecule has 32 heavy (non-hydrogen) atoms. The van der Waals surface area contributed by atoms with Gasteiger partial charge in [-0.15, -0.1) is 11.3 Å². The van der Waals surface area contributed by atoms with Crippen LogP contribution in [0.2, 0.25) is 0 Å². The van der Waals surface area contributed by atoms with Crippen molar-refractivity contribution in [2.45, 2.75) is 58.1 Å². The van der Waals surface area contributed by atoms with Gasteiger partial charge in [-0.2, -0.15) is 4.98 Å². The standard InChI is InChI=1S/C23H35N7OS/c1-3-4-9-24-23-26-15-20(21(28-23)27-17-5-7-18(31)8-6-17)22-25-14-19(32-22)16-30-12-10-29(2)11-13-30/h14-15,18,31H,3-13,16H2,1-2H3,(H,24,26,28). The summed E-state index contributed by atoms with van der Waals surface area (Å²) in [5, 5.41) is 14.1. The lowest BCUT2D eigenvalue weighted by Crippen LogP contribution is -2.43. The van der Waals surface area contributed by atoms with Crippen molar-refractivity contribution in [3.8, 4) is 10.6 Å². The van der Waals surface area contributed by atoms with Crippen molar-refractivity contribution in [1.29, 1.82) is 0 Å². The van der Waals surface area contributed by atoms with Crippen molar-refractivity contribution in [2.75, 3.05) is 45.1 Å². The molecule has 174 valence electrons. The van der Waals surface area contributed by atoms with Gasteiger partial charge in [0, 0.05) is 62.3 Å². The first-order chi connectivity index (χ1) is 15.6. The average molecular weight is 458 g/mol. The van der Waals surface area contributed by atoms with Gasteiger partial charge in [0.1, 0.15) is 5.01 Å². The second kappa shape index (κ2) is 11.3. The summed E-state index contributed by atoms with van der Waals surface area (Å²) in [6, 6.07) is 0. The fourth-order valence-corrected chi connectivity index (χ4v) is 4.96. The van der Waals surface area contributed by atoms with E-state index in [0.29, 0.717) is 11.8 Å². The Morgan fingerprint density at radius 2 is 1.94 bits per heavy atom. The Labute approximate surface area is 194 Å². The zero-order valence-corrected chi connectivity index (χ0v) is 20.1. The number of likely N-dealkylation sites (N-methyl/N-ethyl adjacent to an activating group) is 1. The minimum Gasteiger partial charge on any atom is -0.393 e. The Morgan fingerprint density at radius 3 is 2.69 bits per heavy atom. The van der Waals surface area contributed by atoms with Crippen LogP contribution in [-0.4, -0.2) is 81.4 Å². The predicted octanol–water partition coefficient (Wildman–Crippen LogP) is 3.57. The molecule has 8 nitrogen and oxygen atoms in total. The summed E-state index contributed by atoms with van der Waals surface area (Å²) in [4.78, 5) is 25.0. The number of aliphatic hydroxyl groups excluding tert-OH is 1. The Morgan fingerprint density at radius 1 is 1.16 bits per heavy atom. The number of rotatable bonds is 8. The number of piperazine rings is 1. The van der Waals surface area contributed by atoms with Gasteiger partial charge < -0.3 is 15.3 Å². The second-order valence-electron chi connectivity index (χ2n) is 8.83. The quantitative estimate of drug-likeness (QED) is 0.586. The third kappa shape index (κ3) is 6.31. The topological polar surface area (TPSA) is 89.8 Å². The highest BCUT2D eigenvalue weighted by Crippen LogP contribution is 2.33. The number of anilines is 1. The molecular weight excluding hydrogens is 422 g/mol. The van der Waals surface area contributed by atoms with Crippen LogP contribution in [0.3, 0.4) is 0 Å². The van der Waals surface area contributed by atoms with Crippen LogP contribution in [0.1, 0.15) is 50.3 Å². The summed E-state index contributed by atoms with van der Waals surface area (Å²) in [7, 11) is 2.18. The molecule has 4 rings (SSSR count). The van der Waals surface area contributed by atoms with Crippen molar-refractivity contribution in [3.63, 3.8) is 0 Å². The molecular formula is C23H35N7OS. The molecule has 0 radical (unpaired) electrons. The van der Waals surface area contributed by atoms with Gasteiger partial charge in [0.15, 0.2) is 5.82 Å². The van der Waals surface area contributed by atoms with Crippen LogP contribution in [0.15, 0.2) is 17.4 Å². The maximum absolute atomic E-state index is 9.84. The molecule has 1 saturated carbocycles. The number of unbranched alkanes of at least 4 members (excludes halogenated alkanes) is 1. The van der Waals surface area contributed by atoms with Gasteiger partial charge in [-0.25, -0.2) is 15.0 Å². The maximum Gasteiger partial charge on any atom is 0.224 e. The van der Waals surface area contributed by atoms with Gasteiger partial charge in [-0.3, -0.25) is 4.90 Å². The molecule has 0 atom stereocenters. The Balaban J connectivity index is 1.54. The molecule has 0 amide bonds. The van der Waals surface area contributed by atoms with Crippen LogP contribution >= 0.6 is 11.3 Å². The molecule has 0 unspecified atom stereocenters. The lowest BCUT2D eigenvalue weighted by Gasteiger charge is -2.31. The molecule has 1 saturated heterocycles. The van der Waals surface area contributed by atoms with E-state index >= 15 is 0 Å². The summed E-state index contributed by atoms with van der Waals surface area (Å²) in [6.07, 6.45) is 9.01. The van der Waals surface area contributed by atoms with E-state index in [1.807, 2.05) is 12.4 Å². The zero-order valence-electron chi connectivity index (χ0n) is 19.3. The highest BCUT2D eigenvalue weighted by Gasteiger charge is 2.19. The molecule has 1 aliphatic carbocycles. The summed E-state index contributed by atoms with van der Waals surface area (Å²) in [5.41, 5.74) is 1.99. The van der Waals surface area contributed by atoms with E-state index in [-0.39, 0.29) is 6.10 Å². The highest BCUT2D eigenvalue weighted by atomic mass is 32.1. The van der Waals surface area contributed by atoms with Gasteiger partial charge in [0.2, 0.25) is 5.95 Å². The molecule has 2 fully saturated rings. The Bertz CT molecular complexity index is 897. The normalized spacial score (nSPS) is 20.5. The predicted molar refractivity (Wildman–Crippen MR) is 131 cm³/mol. The maximum atomic E-state index is 9.84. The number of nitrogens with zero attached hydrogens (tertiary/aromatic N) is 6.